The van der Waals surface area contributed by atoms with E-state index in [-0.39, 0.29) is 12.4 Å². The van der Waals surface area contributed by atoms with Crippen LogP contribution in [0.1, 0.15) is 12.8 Å². The van der Waals surface area contributed by atoms with Crippen LogP contribution < -0.4 is 16.9 Å². The second-order valence-electron chi connectivity index (χ2n) is 2.85. The molecule has 92 valence electrons. The van der Waals surface area contributed by atoms with Crippen molar-refractivity contribution in [3.05, 3.63) is 20.9 Å². The number of rotatable bonds is 7. The smallest absolute Gasteiger partial charge is 0.263 e. The molecule has 17 heavy (non-hydrogen) atoms. The molecule has 0 radical (unpaired) electrons. The van der Waals surface area contributed by atoms with Crippen LogP contribution in [0.3, 0.4) is 0 Å². The first-order valence-corrected chi connectivity index (χ1v) is 4.55. The number of guanidine groups is 1. The van der Waals surface area contributed by atoms with Gasteiger partial charge in [0, 0.05) is 11.5 Å². The van der Waals surface area contributed by atoms with Gasteiger partial charge in [-0.05, 0) is 28.7 Å². The molecule has 0 aliphatic heterocycles. The van der Waals surface area contributed by atoms with Crippen LogP contribution in [0.5, 0.6) is 0 Å². The van der Waals surface area contributed by atoms with Crippen LogP contribution in [0.2, 0.25) is 0 Å². The van der Waals surface area contributed by atoms with E-state index in [1.165, 1.54) is 0 Å². The molecule has 11 heteroatoms. The van der Waals surface area contributed by atoms with E-state index in [4.69, 9.17) is 22.5 Å². The molecule has 0 spiro atoms. The van der Waals surface area contributed by atoms with Crippen molar-refractivity contribution in [1.29, 1.82) is 0 Å². The molecule has 0 saturated carbocycles. The van der Waals surface area contributed by atoms with Crippen molar-refractivity contribution in [2.45, 2.75) is 18.9 Å². The molecule has 0 bridgehead atoms. The maximum atomic E-state index is 11.2. The Hall–Kier alpha value is -2.64. The van der Waals surface area contributed by atoms with Crippen molar-refractivity contribution < 1.29 is 4.79 Å². The number of azide groups is 2. The topological polar surface area (TPSA) is 191 Å². The van der Waals surface area contributed by atoms with Gasteiger partial charge in [0.2, 0.25) is 0 Å². The Bertz CT molecular complexity index is 372. The van der Waals surface area contributed by atoms with Crippen LogP contribution in [0.25, 0.3) is 20.9 Å². The number of aliphatic imine (C=N–C) groups is 1. The van der Waals surface area contributed by atoms with Crippen LogP contribution in [0.4, 0.5) is 0 Å². The van der Waals surface area contributed by atoms with Crippen molar-refractivity contribution in [2.75, 3.05) is 6.54 Å². The molecule has 0 rings (SSSR count). The minimum atomic E-state index is -0.879. The number of carbonyl (C=O) groups is 1. The van der Waals surface area contributed by atoms with Gasteiger partial charge in [0.05, 0.1) is 0 Å². The van der Waals surface area contributed by atoms with E-state index >= 15 is 0 Å². The highest BCUT2D eigenvalue weighted by Crippen LogP contribution is 2.01. The Labute approximate surface area is 96.1 Å². The minimum absolute atomic E-state index is 0.0501. The molecule has 0 aliphatic rings. The predicted octanol–water partition coefficient (Wildman–Crippen LogP) is 0.0604. The fourth-order valence-electron chi connectivity index (χ4n) is 0.956. The summed E-state index contributed by atoms with van der Waals surface area (Å²) < 4.78 is 0. The van der Waals surface area contributed by atoms with Gasteiger partial charge in [-0.2, -0.15) is 4.91 Å². The summed E-state index contributed by atoms with van der Waals surface area (Å²) in [6.45, 7) is 0.320. The highest BCUT2D eigenvalue weighted by molar-refractivity contribution is 5.82. The number of carbonyl (C=O) groups excluding carboxylic acids is 1. The molecule has 0 aromatic carbocycles. The second kappa shape index (κ2) is 8.65. The van der Waals surface area contributed by atoms with Crippen molar-refractivity contribution in [3.8, 4) is 0 Å². The molecule has 1 amide bonds. The van der Waals surface area contributed by atoms with E-state index in [1.807, 2.05) is 0 Å². The van der Waals surface area contributed by atoms with Crippen molar-refractivity contribution in [3.63, 3.8) is 0 Å². The van der Waals surface area contributed by atoms with E-state index in [9.17, 15) is 4.79 Å². The summed E-state index contributed by atoms with van der Waals surface area (Å²) in [4.78, 5) is 19.7. The highest BCUT2D eigenvalue weighted by atomic mass is 16.2. The average molecular weight is 240 g/mol. The third kappa shape index (κ3) is 7.31. The predicted molar refractivity (Wildman–Crippen MR) is 60.1 cm³/mol. The summed E-state index contributed by atoms with van der Waals surface area (Å²) in [6, 6.07) is -0.879. The Kier molecular flexibility index (Phi) is 7.31. The summed E-state index contributed by atoms with van der Waals surface area (Å²) in [5.74, 6) is -0.810. The van der Waals surface area contributed by atoms with E-state index in [1.54, 1.807) is 0 Å². The Morgan fingerprint density at radius 3 is 2.59 bits per heavy atom. The first-order chi connectivity index (χ1) is 8.11. The van der Waals surface area contributed by atoms with Gasteiger partial charge < -0.3 is 11.5 Å². The largest absolute Gasteiger partial charge is 0.370 e. The molecule has 0 fully saturated rings. The normalized spacial score (nSPS) is 10.4. The van der Waals surface area contributed by atoms with Crippen molar-refractivity contribution >= 4 is 11.9 Å². The highest BCUT2D eigenvalue weighted by Gasteiger charge is 2.18. The van der Waals surface area contributed by atoms with Gasteiger partial charge >= 0.3 is 0 Å². The molecule has 0 aromatic heterocycles. The van der Waals surface area contributed by atoms with E-state index in [2.05, 4.69) is 30.6 Å². The lowest BCUT2D eigenvalue weighted by Gasteiger charge is -2.07. The summed E-state index contributed by atoms with van der Waals surface area (Å²) in [7, 11) is 0. The lowest BCUT2D eigenvalue weighted by molar-refractivity contribution is -0.120. The zero-order valence-electron chi connectivity index (χ0n) is 8.89. The number of amides is 1. The van der Waals surface area contributed by atoms with Gasteiger partial charge in [-0.15, -0.1) is 5.53 Å². The van der Waals surface area contributed by atoms with Gasteiger partial charge in [-0.3, -0.25) is 15.2 Å². The van der Waals surface area contributed by atoms with Crippen LogP contribution >= 0.6 is 0 Å². The monoisotopic (exact) mass is 240 g/mol. The Balaban J connectivity index is 4.28. The maximum Gasteiger partial charge on any atom is 0.263 e. The minimum Gasteiger partial charge on any atom is -0.370 e. The summed E-state index contributed by atoms with van der Waals surface area (Å²) in [5, 5.41) is 5.93. The lowest BCUT2D eigenvalue weighted by Crippen LogP contribution is -2.32. The zero-order valence-corrected chi connectivity index (χ0v) is 8.89. The number of hydrogen-bond donors (Lipinski definition) is 3. The first-order valence-electron chi connectivity index (χ1n) is 4.55. The molecular weight excluding hydrogens is 228 g/mol. The van der Waals surface area contributed by atoms with Crippen LogP contribution in [-0.2, 0) is 4.79 Å². The quantitative estimate of drug-likeness (QED) is 0.108. The fourth-order valence-corrected chi connectivity index (χ4v) is 0.956. The van der Waals surface area contributed by atoms with Crippen LogP contribution in [-0.4, -0.2) is 24.5 Å². The molecule has 11 nitrogen and oxygen atoms in total. The SMILES string of the molecule is [N-]=[N+]=NN[C@@H](CCCN=C(N)N)C(=O)N=[N+]=[N-]. The molecule has 0 unspecified atom stereocenters. The maximum absolute atomic E-state index is 11.2. The summed E-state index contributed by atoms with van der Waals surface area (Å²) in [5.41, 5.74) is 28.6. The molecular formula is C6H12N10O. The molecule has 1 atom stereocenters. The molecule has 0 aliphatic carbocycles. The second-order valence-corrected chi connectivity index (χ2v) is 2.85. The third-order valence-corrected chi connectivity index (χ3v) is 1.64. The van der Waals surface area contributed by atoms with Gasteiger partial charge in [0.1, 0.15) is 0 Å². The van der Waals surface area contributed by atoms with E-state index in [0.717, 1.165) is 0 Å². The van der Waals surface area contributed by atoms with Gasteiger partial charge in [0.25, 0.3) is 5.91 Å². The van der Waals surface area contributed by atoms with Gasteiger partial charge in [-0.25, -0.2) is 0 Å². The Morgan fingerprint density at radius 1 is 1.35 bits per heavy atom. The van der Waals surface area contributed by atoms with Crippen LogP contribution in [0.15, 0.2) is 15.3 Å². The number of nitrogens with two attached hydrogens (primary N) is 2. The summed E-state index contributed by atoms with van der Waals surface area (Å²) >= 11 is 0. The van der Waals surface area contributed by atoms with E-state index in [0.29, 0.717) is 13.0 Å². The fraction of sp³-hybridized carbons (Fsp3) is 0.667. The van der Waals surface area contributed by atoms with Crippen molar-refractivity contribution in [1.82, 2.24) is 5.43 Å². The van der Waals surface area contributed by atoms with Gasteiger partial charge in [-0.1, -0.05) is 0 Å². The number of hydrogen-bond acceptors (Lipinski definition) is 3. The molecule has 5 N–H and O–H groups in total. The lowest BCUT2D eigenvalue weighted by atomic mass is 10.1. The number of nitrogens with one attached hydrogen (secondary N) is 1. The third-order valence-electron chi connectivity index (χ3n) is 1.64. The van der Waals surface area contributed by atoms with E-state index < -0.39 is 11.9 Å². The molecule has 0 saturated heterocycles. The first kappa shape index (κ1) is 14.4. The number of nitrogens with zero attached hydrogens (tertiary/aromatic N) is 7. The van der Waals surface area contributed by atoms with Crippen LogP contribution in [0, 0.1) is 0 Å². The molecule has 0 aromatic rings. The average Bonchev–Trinajstić information content (AvgIpc) is 2.28. The standard InChI is InChI=1S/C6H12N10O/c7-6(8)11-3-1-2-4(12-16-15-10)5(17)13-14-9/h4,12H,1-3H2,(H4,7,8,11)/t4-/m0/s1. The summed E-state index contributed by atoms with van der Waals surface area (Å²) in [6.07, 6.45) is 0.733. The van der Waals surface area contributed by atoms with Crippen molar-refractivity contribution in [2.24, 2.45) is 26.8 Å². The molecule has 0 heterocycles. The van der Waals surface area contributed by atoms with Gasteiger partial charge in [0.15, 0.2) is 12.0 Å². The zero-order chi connectivity index (χ0) is 13.1. The Morgan fingerprint density at radius 2 is 2.06 bits per heavy atom.